The smallest absolute Gasteiger partial charge is 0.243 e. The van der Waals surface area contributed by atoms with Crippen molar-refractivity contribution in [3.8, 4) is 0 Å². The fourth-order valence-corrected chi connectivity index (χ4v) is 2.12. The van der Waals surface area contributed by atoms with Crippen LogP contribution in [0.4, 0.5) is 0 Å². The number of hydrogen-bond donors (Lipinski definition) is 3. The number of hydrogen-bond acceptors (Lipinski definition) is 3. The molecular formula is C16H23N3O3. The van der Waals surface area contributed by atoms with E-state index in [1.54, 1.807) is 13.8 Å². The van der Waals surface area contributed by atoms with Crippen molar-refractivity contribution in [2.24, 2.45) is 11.7 Å². The first-order chi connectivity index (χ1) is 10.3. The second-order valence-electron chi connectivity index (χ2n) is 5.58. The molecule has 0 aliphatic carbocycles. The van der Waals surface area contributed by atoms with E-state index in [2.05, 4.69) is 10.6 Å². The summed E-state index contributed by atoms with van der Waals surface area (Å²) in [6.45, 7) is 4.93. The Morgan fingerprint density at radius 1 is 1.09 bits per heavy atom. The summed E-state index contributed by atoms with van der Waals surface area (Å²) >= 11 is 0. The molecule has 0 saturated carbocycles. The van der Waals surface area contributed by atoms with Crippen LogP contribution in [0, 0.1) is 5.92 Å². The van der Waals surface area contributed by atoms with E-state index in [0.717, 1.165) is 5.56 Å². The molecule has 1 aromatic rings. The predicted molar refractivity (Wildman–Crippen MR) is 83.7 cm³/mol. The van der Waals surface area contributed by atoms with Crippen molar-refractivity contribution in [2.75, 3.05) is 0 Å². The first-order valence-corrected chi connectivity index (χ1v) is 7.22. The van der Waals surface area contributed by atoms with E-state index in [0.29, 0.717) is 6.42 Å². The molecule has 4 N–H and O–H groups in total. The third-order valence-corrected chi connectivity index (χ3v) is 3.25. The van der Waals surface area contributed by atoms with Crippen molar-refractivity contribution in [1.82, 2.24) is 10.6 Å². The lowest BCUT2D eigenvalue weighted by atomic mass is 10.0. The average molecular weight is 305 g/mol. The van der Waals surface area contributed by atoms with Crippen LogP contribution >= 0.6 is 0 Å². The molecule has 0 fully saturated rings. The zero-order valence-electron chi connectivity index (χ0n) is 13.1. The van der Waals surface area contributed by atoms with E-state index < -0.39 is 23.9 Å². The molecule has 22 heavy (non-hydrogen) atoms. The molecule has 0 radical (unpaired) electrons. The largest absolute Gasteiger partial charge is 0.368 e. The minimum absolute atomic E-state index is 0.129. The summed E-state index contributed by atoms with van der Waals surface area (Å²) < 4.78 is 0. The minimum atomic E-state index is -0.764. The van der Waals surface area contributed by atoms with Gasteiger partial charge in [-0.05, 0) is 11.5 Å². The Labute approximate surface area is 130 Å². The highest BCUT2D eigenvalue weighted by molar-refractivity contribution is 5.91. The van der Waals surface area contributed by atoms with Crippen LogP contribution in [0.2, 0.25) is 0 Å². The molecule has 120 valence electrons. The number of carbonyl (C=O) groups excluding carboxylic acids is 3. The van der Waals surface area contributed by atoms with Gasteiger partial charge in [-0.15, -0.1) is 0 Å². The van der Waals surface area contributed by atoms with Crippen molar-refractivity contribution < 1.29 is 14.4 Å². The summed E-state index contributed by atoms with van der Waals surface area (Å²) in [5.74, 6) is -1.45. The van der Waals surface area contributed by atoms with Gasteiger partial charge in [0.05, 0.1) is 0 Å². The number of primary amides is 1. The molecule has 0 saturated heterocycles. The Kier molecular flexibility index (Phi) is 6.56. The third kappa shape index (κ3) is 5.55. The van der Waals surface area contributed by atoms with E-state index in [1.165, 1.54) is 6.92 Å². The van der Waals surface area contributed by atoms with Crippen LogP contribution in [0.3, 0.4) is 0 Å². The van der Waals surface area contributed by atoms with Crippen molar-refractivity contribution in [3.05, 3.63) is 35.9 Å². The van der Waals surface area contributed by atoms with Crippen molar-refractivity contribution in [3.63, 3.8) is 0 Å². The van der Waals surface area contributed by atoms with E-state index in [1.807, 2.05) is 30.3 Å². The molecule has 0 bridgehead atoms. The molecular weight excluding hydrogens is 282 g/mol. The molecule has 0 aliphatic heterocycles. The molecule has 0 aromatic heterocycles. The normalized spacial score (nSPS) is 13.3. The molecule has 6 heteroatoms. The standard InChI is InChI=1S/C16H23N3O3/c1-10(2)14(15(17)21)19-16(22)13(18-11(3)20)9-12-7-5-4-6-8-12/h4-8,10,13-14H,9H2,1-3H3,(H2,17,21)(H,18,20)(H,19,22). The highest BCUT2D eigenvalue weighted by Gasteiger charge is 2.26. The molecule has 1 aromatic carbocycles. The van der Waals surface area contributed by atoms with Gasteiger partial charge in [0.2, 0.25) is 17.7 Å². The van der Waals surface area contributed by atoms with Crippen molar-refractivity contribution in [2.45, 2.75) is 39.3 Å². The summed E-state index contributed by atoms with van der Waals surface area (Å²) in [6.07, 6.45) is 0.343. The number of rotatable bonds is 7. The van der Waals surface area contributed by atoms with Gasteiger partial charge >= 0.3 is 0 Å². The van der Waals surface area contributed by atoms with E-state index in [-0.39, 0.29) is 11.8 Å². The fourth-order valence-electron chi connectivity index (χ4n) is 2.12. The number of amides is 3. The van der Waals surface area contributed by atoms with Crippen LogP contribution in [0.15, 0.2) is 30.3 Å². The van der Waals surface area contributed by atoms with Gasteiger partial charge in [-0.3, -0.25) is 14.4 Å². The topological polar surface area (TPSA) is 101 Å². The maximum atomic E-state index is 12.4. The Morgan fingerprint density at radius 3 is 2.14 bits per heavy atom. The Balaban J connectivity index is 2.84. The van der Waals surface area contributed by atoms with E-state index >= 15 is 0 Å². The van der Waals surface area contributed by atoms with Gasteiger partial charge in [0.25, 0.3) is 0 Å². The Bertz CT molecular complexity index is 529. The number of carbonyl (C=O) groups is 3. The van der Waals surface area contributed by atoms with E-state index in [9.17, 15) is 14.4 Å². The molecule has 2 unspecified atom stereocenters. The second-order valence-corrected chi connectivity index (χ2v) is 5.58. The maximum absolute atomic E-state index is 12.4. The molecule has 0 aliphatic rings. The summed E-state index contributed by atoms with van der Waals surface area (Å²) in [5.41, 5.74) is 6.21. The molecule has 6 nitrogen and oxygen atoms in total. The van der Waals surface area contributed by atoms with Gasteiger partial charge in [0, 0.05) is 13.3 Å². The van der Waals surface area contributed by atoms with Crippen molar-refractivity contribution in [1.29, 1.82) is 0 Å². The van der Waals surface area contributed by atoms with Gasteiger partial charge in [-0.1, -0.05) is 44.2 Å². The Morgan fingerprint density at radius 2 is 1.68 bits per heavy atom. The highest BCUT2D eigenvalue weighted by atomic mass is 16.2. The van der Waals surface area contributed by atoms with Crippen LogP contribution < -0.4 is 16.4 Å². The molecule has 3 amide bonds. The summed E-state index contributed by atoms with van der Waals surface area (Å²) in [5, 5.41) is 5.22. The van der Waals surface area contributed by atoms with Crippen LogP contribution in [-0.4, -0.2) is 29.8 Å². The van der Waals surface area contributed by atoms with Crippen LogP contribution in [0.5, 0.6) is 0 Å². The summed E-state index contributed by atoms with van der Waals surface area (Å²) in [4.78, 5) is 35.1. The predicted octanol–water partition coefficient (Wildman–Crippen LogP) is 0.360. The van der Waals surface area contributed by atoms with E-state index in [4.69, 9.17) is 5.73 Å². The monoisotopic (exact) mass is 305 g/mol. The lowest BCUT2D eigenvalue weighted by Crippen LogP contribution is -2.55. The van der Waals surface area contributed by atoms with Crippen LogP contribution in [-0.2, 0) is 20.8 Å². The molecule has 1 rings (SSSR count). The first-order valence-electron chi connectivity index (χ1n) is 7.22. The summed E-state index contributed by atoms with van der Waals surface area (Å²) in [6, 6.07) is 7.82. The number of nitrogens with two attached hydrogens (primary N) is 1. The zero-order chi connectivity index (χ0) is 16.7. The average Bonchev–Trinajstić information content (AvgIpc) is 2.43. The number of benzene rings is 1. The SMILES string of the molecule is CC(=O)NC(Cc1ccccc1)C(=O)NC(C(N)=O)C(C)C. The van der Waals surface area contributed by atoms with Gasteiger partial charge in [-0.25, -0.2) is 0 Å². The van der Waals surface area contributed by atoms with Crippen LogP contribution in [0.1, 0.15) is 26.3 Å². The number of nitrogens with one attached hydrogen (secondary N) is 2. The van der Waals surface area contributed by atoms with Gasteiger partial charge in [0.15, 0.2) is 0 Å². The Hall–Kier alpha value is -2.37. The lowest BCUT2D eigenvalue weighted by Gasteiger charge is -2.23. The van der Waals surface area contributed by atoms with Crippen molar-refractivity contribution >= 4 is 17.7 Å². The summed E-state index contributed by atoms with van der Waals surface area (Å²) in [7, 11) is 0. The van der Waals surface area contributed by atoms with Gasteiger partial charge in [0.1, 0.15) is 12.1 Å². The molecule has 0 heterocycles. The zero-order valence-corrected chi connectivity index (χ0v) is 13.1. The van der Waals surface area contributed by atoms with Gasteiger partial charge < -0.3 is 16.4 Å². The third-order valence-electron chi connectivity index (χ3n) is 3.25. The van der Waals surface area contributed by atoms with Gasteiger partial charge in [-0.2, -0.15) is 0 Å². The van der Waals surface area contributed by atoms with Crippen LogP contribution in [0.25, 0.3) is 0 Å². The first kappa shape index (κ1) is 17.7. The quantitative estimate of drug-likeness (QED) is 0.678. The highest BCUT2D eigenvalue weighted by Crippen LogP contribution is 2.06. The lowest BCUT2D eigenvalue weighted by molar-refractivity contribution is -0.131. The fraction of sp³-hybridized carbons (Fsp3) is 0.438. The molecule has 0 spiro atoms. The second kappa shape index (κ2) is 8.17. The maximum Gasteiger partial charge on any atom is 0.243 e. The minimum Gasteiger partial charge on any atom is -0.368 e. The molecule has 2 atom stereocenters.